The van der Waals surface area contributed by atoms with Gasteiger partial charge in [-0.05, 0) is 55.1 Å². The number of carbonyl (C=O) groups is 1. The fourth-order valence-corrected chi connectivity index (χ4v) is 5.40. The van der Waals surface area contributed by atoms with Gasteiger partial charge >= 0.3 is 0 Å². The Morgan fingerprint density at radius 3 is 2.73 bits per heavy atom. The minimum atomic E-state index is 0.00255. The quantitative estimate of drug-likeness (QED) is 0.415. The lowest BCUT2D eigenvalue weighted by Gasteiger charge is -2.27. The molecule has 30 heavy (non-hydrogen) atoms. The van der Waals surface area contributed by atoms with Crippen LogP contribution in [0.4, 0.5) is 5.13 Å². The van der Waals surface area contributed by atoms with Crippen molar-refractivity contribution in [2.45, 2.75) is 11.3 Å². The van der Waals surface area contributed by atoms with Crippen LogP contribution in [-0.2, 0) is 4.74 Å². The van der Waals surface area contributed by atoms with Crippen LogP contribution in [0, 0.1) is 0 Å². The summed E-state index contributed by atoms with van der Waals surface area (Å²) in [5.41, 5.74) is 1.61. The number of nitrogens with zero attached hydrogens (tertiary/aromatic N) is 3. The largest absolute Gasteiger partial charge is 0.379 e. The molecule has 158 valence electrons. The molecule has 2 heterocycles. The molecule has 8 heteroatoms. The summed E-state index contributed by atoms with van der Waals surface area (Å²) in [5.74, 6) is 0.00255. The topological polar surface area (TPSA) is 45.7 Å². The van der Waals surface area contributed by atoms with E-state index < -0.39 is 0 Å². The van der Waals surface area contributed by atoms with E-state index in [-0.39, 0.29) is 5.91 Å². The molecule has 1 amide bonds. The van der Waals surface area contributed by atoms with E-state index in [1.807, 2.05) is 47.6 Å². The van der Waals surface area contributed by atoms with Crippen molar-refractivity contribution in [1.29, 1.82) is 0 Å². The van der Waals surface area contributed by atoms with Gasteiger partial charge in [0.05, 0.1) is 23.4 Å². The number of ether oxygens (including phenoxy) is 1. The highest BCUT2D eigenvalue weighted by Crippen LogP contribution is 2.32. The fourth-order valence-electron chi connectivity index (χ4n) is 3.45. The van der Waals surface area contributed by atoms with Crippen LogP contribution in [0.3, 0.4) is 0 Å². The van der Waals surface area contributed by atoms with Crippen LogP contribution in [-0.4, -0.2) is 61.4 Å². The van der Waals surface area contributed by atoms with Crippen LogP contribution < -0.4 is 4.90 Å². The van der Waals surface area contributed by atoms with Crippen molar-refractivity contribution < 1.29 is 9.53 Å². The lowest BCUT2D eigenvalue weighted by molar-refractivity contribution is 0.0376. The van der Waals surface area contributed by atoms with Gasteiger partial charge in [0.25, 0.3) is 5.91 Å². The molecule has 0 atom stereocenters. The van der Waals surface area contributed by atoms with E-state index in [1.54, 1.807) is 23.1 Å². The Bertz CT molecular complexity index is 1000. The Kier molecular flexibility index (Phi) is 7.43. The summed E-state index contributed by atoms with van der Waals surface area (Å²) in [6.45, 7) is 5.09. The highest BCUT2D eigenvalue weighted by Gasteiger charge is 2.22. The number of rotatable bonds is 7. The first-order valence-corrected chi connectivity index (χ1v) is 12.8. The standard InChI is InChI=1S/C22H24BrN3O2S2/c1-29-18-6-3-16(4-7-18)21(27)26(10-2-9-25-11-13-28-14-12-25)22-24-19-8-5-17(23)15-20(19)30-22/h3-8,15H,2,9-14H2,1H3. The molecule has 1 aromatic heterocycles. The molecule has 0 spiro atoms. The molecule has 0 aliphatic carbocycles. The van der Waals surface area contributed by atoms with Crippen molar-refractivity contribution >= 4 is 60.3 Å². The van der Waals surface area contributed by atoms with Crippen LogP contribution in [0.5, 0.6) is 0 Å². The molecule has 0 N–H and O–H groups in total. The molecule has 1 aliphatic rings. The molecule has 4 rings (SSSR count). The minimum absolute atomic E-state index is 0.00255. The normalized spacial score (nSPS) is 14.9. The molecule has 5 nitrogen and oxygen atoms in total. The van der Waals surface area contributed by atoms with E-state index in [2.05, 4.69) is 26.9 Å². The van der Waals surface area contributed by atoms with Gasteiger partial charge in [0, 0.05) is 41.1 Å². The fraction of sp³-hybridized carbons (Fsp3) is 0.364. The summed E-state index contributed by atoms with van der Waals surface area (Å²) in [6.07, 6.45) is 2.93. The number of carbonyl (C=O) groups excluding carboxylic acids is 1. The molecular weight excluding hydrogens is 482 g/mol. The Hall–Kier alpha value is -1.45. The van der Waals surface area contributed by atoms with Crippen molar-refractivity contribution in [3.8, 4) is 0 Å². The first-order chi connectivity index (χ1) is 14.6. The molecule has 0 radical (unpaired) electrons. The Morgan fingerprint density at radius 1 is 1.23 bits per heavy atom. The maximum Gasteiger partial charge on any atom is 0.260 e. The predicted molar refractivity (Wildman–Crippen MR) is 129 cm³/mol. The SMILES string of the molecule is CSc1ccc(C(=O)N(CCCN2CCOCC2)c2nc3ccc(Br)cc3s2)cc1. The number of hydrogen-bond donors (Lipinski definition) is 0. The second-order valence-electron chi connectivity index (χ2n) is 7.10. The smallest absolute Gasteiger partial charge is 0.260 e. The molecule has 3 aromatic rings. The predicted octanol–water partition coefficient (Wildman–Crippen LogP) is 5.15. The second-order valence-corrected chi connectivity index (χ2v) is 9.91. The molecule has 0 bridgehead atoms. The third-order valence-electron chi connectivity index (χ3n) is 5.11. The number of morpholine rings is 1. The Morgan fingerprint density at radius 2 is 2.00 bits per heavy atom. The van der Waals surface area contributed by atoms with Crippen LogP contribution >= 0.6 is 39.0 Å². The molecule has 2 aromatic carbocycles. The maximum atomic E-state index is 13.4. The van der Waals surface area contributed by atoms with E-state index in [1.165, 1.54) is 0 Å². The van der Waals surface area contributed by atoms with Gasteiger partial charge in [-0.25, -0.2) is 4.98 Å². The molecule has 0 saturated carbocycles. The van der Waals surface area contributed by atoms with Crippen LogP contribution in [0.1, 0.15) is 16.8 Å². The number of benzene rings is 2. The number of amides is 1. The van der Waals surface area contributed by atoms with Crippen molar-refractivity contribution in [2.75, 3.05) is 50.5 Å². The van der Waals surface area contributed by atoms with Gasteiger partial charge in [0.2, 0.25) is 0 Å². The highest BCUT2D eigenvalue weighted by molar-refractivity contribution is 9.10. The van der Waals surface area contributed by atoms with Gasteiger partial charge in [-0.2, -0.15) is 0 Å². The highest BCUT2D eigenvalue weighted by atomic mass is 79.9. The van der Waals surface area contributed by atoms with E-state index in [9.17, 15) is 4.79 Å². The zero-order chi connectivity index (χ0) is 20.9. The molecule has 1 saturated heterocycles. The summed E-state index contributed by atoms with van der Waals surface area (Å²) in [5, 5.41) is 0.754. The van der Waals surface area contributed by atoms with Gasteiger partial charge in [0.1, 0.15) is 0 Å². The molecule has 1 fully saturated rings. The van der Waals surface area contributed by atoms with Crippen LogP contribution in [0.25, 0.3) is 10.2 Å². The van der Waals surface area contributed by atoms with Crippen molar-refractivity contribution in [1.82, 2.24) is 9.88 Å². The van der Waals surface area contributed by atoms with Gasteiger partial charge in [-0.15, -0.1) is 11.8 Å². The average molecular weight is 506 g/mol. The van der Waals surface area contributed by atoms with Gasteiger partial charge in [0.15, 0.2) is 5.13 Å². The van der Waals surface area contributed by atoms with Crippen molar-refractivity contribution in [2.24, 2.45) is 0 Å². The van der Waals surface area contributed by atoms with E-state index >= 15 is 0 Å². The molecule has 1 aliphatic heterocycles. The number of thiazole rings is 1. The summed E-state index contributed by atoms with van der Waals surface area (Å²) in [4.78, 5) is 23.6. The van der Waals surface area contributed by atoms with Gasteiger partial charge in [-0.3, -0.25) is 14.6 Å². The number of anilines is 1. The number of aromatic nitrogens is 1. The summed E-state index contributed by atoms with van der Waals surface area (Å²) in [7, 11) is 0. The minimum Gasteiger partial charge on any atom is -0.379 e. The number of hydrogen-bond acceptors (Lipinski definition) is 6. The van der Waals surface area contributed by atoms with E-state index in [4.69, 9.17) is 9.72 Å². The van der Waals surface area contributed by atoms with Crippen LogP contribution in [0.2, 0.25) is 0 Å². The van der Waals surface area contributed by atoms with E-state index in [0.29, 0.717) is 12.1 Å². The number of halogens is 1. The average Bonchev–Trinajstić information content (AvgIpc) is 3.20. The lowest BCUT2D eigenvalue weighted by atomic mass is 10.2. The second kappa shape index (κ2) is 10.2. The first-order valence-electron chi connectivity index (χ1n) is 9.96. The summed E-state index contributed by atoms with van der Waals surface area (Å²) < 4.78 is 7.52. The molecule has 0 unspecified atom stereocenters. The Balaban J connectivity index is 1.56. The first kappa shape index (κ1) is 21.8. The monoisotopic (exact) mass is 505 g/mol. The maximum absolute atomic E-state index is 13.4. The zero-order valence-corrected chi connectivity index (χ0v) is 20.1. The van der Waals surface area contributed by atoms with Gasteiger partial charge in [-0.1, -0.05) is 27.3 Å². The Labute approximate surface area is 193 Å². The van der Waals surface area contributed by atoms with Gasteiger partial charge < -0.3 is 4.74 Å². The molecular formula is C22H24BrN3O2S2. The third kappa shape index (κ3) is 5.23. The zero-order valence-electron chi connectivity index (χ0n) is 16.8. The van der Waals surface area contributed by atoms with Crippen LogP contribution in [0.15, 0.2) is 51.8 Å². The summed E-state index contributed by atoms with van der Waals surface area (Å²) in [6, 6.07) is 13.8. The third-order valence-corrected chi connectivity index (χ3v) is 7.39. The van der Waals surface area contributed by atoms with Crippen molar-refractivity contribution in [3.63, 3.8) is 0 Å². The lowest BCUT2D eigenvalue weighted by Crippen LogP contribution is -2.39. The number of thioether (sulfide) groups is 1. The summed E-state index contributed by atoms with van der Waals surface area (Å²) >= 11 is 6.76. The van der Waals surface area contributed by atoms with E-state index in [0.717, 1.165) is 64.0 Å². The van der Waals surface area contributed by atoms with Crippen molar-refractivity contribution in [3.05, 3.63) is 52.5 Å². The number of fused-ring (bicyclic) bond motifs is 1.